The van der Waals surface area contributed by atoms with Crippen LogP contribution in [0.15, 0.2) is 60.0 Å². The highest BCUT2D eigenvalue weighted by atomic mass is 32.1. The van der Waals surface area contributed by atoms with E-state index in [2.05, 4.69) is 39.8 Å². The Balaban J connectivity index is 1.45. The van der Waals surface area contributed by atoms with E-state index in [1.165, 1.54) is 16.1 Å². The number of amides is 2. The Labute approximate surface area is 180 Å². The van der Waals surface area contributed by atoms with Gasteiger partial charge >= 0.3 is 11.8 Å². The Morgan fingerprint density at radius 1 is 1.03 bits per heavy atom. The van der Waals surface area contributed by atoms with Crippen LogP contribution in [0.3, 0.4) is 0 Å². The molecule has 3 aromatic rings. The van der Waals surface area contributed by atoms with E-state index in [4.69, 9.17) is 0 Å². The molecule has 1 aromatic heterocycles. The zero-order valence-electron chi connectivity index (χ0n) is 17.1. The van der Waals surface area contributed by atoms with Crippen LogP contribution in [0.5, 0.6) is 0 Å². The molecule has 2 amide bonds. The highest BCUT2D eigenvalue weighted by molar-refractivity contribution is 7.10. The van der Waals surface area contributed by atoms with Gasteiger partial charge in [0.05, 0.1) is 6.04 Å². The van der Waals surface area contributed by atoms with Crippen LogP contribution in [0.4, 0.5) is 11.4 Å². The SMILES string of the molecule is Cc1cc(C)cc(NC(=O)C(=O)NCC(c2cccs2)N2CCc3ccccc32)c1. The first-order valence-electron chi connectivity index (χ1n) is 10.1. The fourth-order valence-electron chi connectivity index (χ4n) is 4.04. The lowest BCUT2D eigenvalue weighted by atomic mass is 10.1. The lowest BCUT2D eigenvalue weighted by Gasteiger charge is -2.30. The second kappa shape index (κ2) is 8.71. The lowest BCUT2D eigenvalue weighted by Crippen LogP contribution is -2.41. The number of aryl methyl sites for hydroxylation is 2. The van der Waals surface area contributed by atoms with Gasteiger partial charge in [-0.05, 0) is 66.6 Å². The van der Waals surface area contributed by atoms with Gasteiger partial charge in [0, 0.05) is 29.3 Å². The standard InChI is InChI=1S/C24H25N3O2S/c1-16-12-17(2)14-19(13-16)26-24(29)23(28)25-15-21(22-8-5-11-30-22)27-10-9-18-6-3-4-7-20(18)27/h3-8,11-14,21H,9-10,15H2,1-2H3,(H,25,28)(H,26,29). The summed E-state index contributed by atoms with van der Waals surface area (Å²) in [7, 11) is 0. The van der Waals surface area contributed by atoms with Crippen molar-refractivity contribution in [3.8, 4) is 0 Å². The molecule has 2 N–H and O–H groups in total. The van der Waals surface area contributed by atoms with Crippen molar-refractivity contribution in [1.29, 1.82) is 0 Å². The Kier molecular flexibility index (Phi) is 5.86. The highest BCUT2D eigenvalue weighted by Crippen LogP contribution is 2.36. The molecular weight excluding hydrogens is 394 g/mol. The molecule has 6 heteroatoms. The van der Waals surface area contributed by atoms with E-state index in [1.54, 1.807) is 11.3 Å². The van der Waals surface area contributed by atoms with Gasteiger partial charge in [-0.25, -0.2) is 0 Å². The smallest absolute Gasteiger partial charge is 0.313 e. The first-order valence-corrected chi connectivity index (χ1v) is 10.9. The van der Waals surface area contributed by atoms with E-state index in [0.29, 0.717) is 12.2 Å². The van der Waals surface area contributed by atoms with Gasteiger partial charge in [0.2, 0.25) is 0 Å². The molecule has 0 bridgehead atoms. The Bertz CT molecular complexity index is 1040. The van der Waals surface area contributed by atoms with Gasteiger partial charge in [0.25, 0.3) is 0 Å². The molecule has 1 atom stereocenters. The van der Waals surface area contributed by atoms with Crippen LogP contribution < -0.4 is 15.5 Å². The average molecular weight is 420 g/mol. The van der Waals surface area contributed by atoms with Gasteiger partial charge < -0.3 is 15.5 Å². The maximum atomic E-state index is 12.5. The largest absolute Gasteiger partial charge is 0.361 e. The summed E-state index contributed by atoms with van der Waals surface area (Å²) in [6.45, 7) is 5.19. The first kappa shape index (κ1) is 20.2. The van der Waals surface area contributed by atoms with E-state index >= 15 is 0 Å². The van der Waals surface area contributed by atoms with E-state index in [9.17, 15) is 9.59 Å². The van der Waals surface area contributed by atoms with E-state index in [0.717, 1.165) is 24.1 Å². The molecule has 0 saturated heterocycles. The summed E-state index contributed by atoms with van der Waals surface area (Å²) < 4.78 is 0. The fourth-order valence-corrected chi connectivity index (χ4v) is 4.88. The number of fused-ring (bicyclic) bond motifs is 1. The first-order chi connectivity index (χ1) is 14.5. The average Bonchev–Trinajstić information content (AvgIpc) is 3.38. The molecule has 154 valence electrons. The van der Waals surface area contributed by atoms with Gasteiger partial charge in [-0.2, -0.15) is 0 Å². The van der Waals surface area contributed by atoms with Crippen molar-refractivity contribution in [1.82, 2.24) is 5.32 Å². The van der Waals surface area contributed by atoms with E-state index < -0.39 is 11.8 Å². The molecule has 0 radical (unpaired) electrons. The predicted octanol–water partition coefficient (Wildman–Crippen LogP) is 4.22. The zero-order chi connectivity index (χ0) is 21.1. The zero-order valence-corrected chi connectivity index (χ0v) is 18.0. The number of nitrogens with zero attached hydrogens (tertiary/aromatic N) is 1. The summed E-state index contributed by atoms with van der Waals surface area (Å²) in [5.74, 6) is -1.27. The number of para-hydroxylation sites is 1. The molecule has 5 nitrogen and oxygen atoms in total. The molecule has 0 aliphatic carbocycles. The minimum atomic E-state index is -0.647. The monoisotopic (exact) mass is 419 g/mol. The second-order valence-electron chi connectivity index (χ2n) is 7.64. The van der Waals surface area contributed by atoms with Gasteiger partial charge in [-0.3, -0.25) is 9.59 Å². The second-order valence-corrected chi connectivity index (χ2v) is 8.62. The molecule has 1 unspecified atom stereocenters. The molecule has 4 rings (SSSR count). The van der Waals surface area contributed by atoms with Crippen molar-refractivity contribution in [2.75, 3.05) is 23.3 Å². The van der Waals surface area contributed by atoms with Gasteiger partial charge in [-0.1, -0.05) is 30.3 Å². The summed E-state index contributed by atoms with van der Waals surface area (Å²) >= 11 is 1.66. The number of anilines is 2. The number of thiophene rings is 1. The van der Waals surface area contributed by atoms with Crippen molar-refractivity contribution in [2.24, 2.45) is 0 Å². The maximum Gasteiger partial charge on any atom is 0.313 e. The van der Waals surface area contributed by atoms with Crippen LogP contribution >= 0.6 is 11.3 Å². The van der Waals surface area contributed by atoms with Crippen molar-refractivity contribution < 1.29 is 9.59 Å². The summed E-state index contributed by atoms with van der Waals surface area (Å²) in [6, 6.07) is 18.2. The van der Waals surface area contributed by atoms with Crippen LogP contribution in [0, 0.1) is 13.8 Å². The number of hydrogen-bond acceptors (Lipinski definition) is 4. The van der Waals surface area contributed by atoms with Crippen LogP contribution in [-0.4, -0.2) is 24.9 Å². The molecule has 1 aliphatic heterocycles. The molecule has 2 aromatic carbocycles. The number of nitrogens with one attached hydrogen (secondary N) is 2. The van der Waals surface area contributed by atoms with Crippen molar-refractivity contribution in [2.45, 2.75) is 26.3 Å². The molecule has 30 heavy (non-hydrogen) atoms. The van der Waals surface area contributed by atoms with Crippen LogP contribution in [0.2, 0.25) is 0 Å². The van der Waals surface area contributed by atoms with Crippen LogP contribution in [-0.2, 0) is 16.0 Å². The van der Waals surface area contributed by atoms with Crippen molar-refractivity contribution in [3.63, 3.8) is 0 Å². The molecule has 2 heterocycles. The Morgan fingerprint density at radius 2 is 1.80 bits per heavy atom. The normalized spacial score (nSPS) is 13.6. The van der Waals surface area contributed by atoms with E-state index in [-0.39, 0.29) is 6.04 Å². The topological polar surface area (TPSA) is 61.4 Å². The molecule has 1 aliphatic rings. The Morgan fingerprint density at radius 3 is 2.53 bits per heavy atom. The van der Waals surface area contributed by atoms with Crippen molar-refractivity contribution in [3.05, 3.63) is 81.5 Å². The molecule has 0 spiro atoms. The summed E-state index contributed by atoms with van der Waals surface area (Å²) in [5, 5.41) is 7.59. The van der Waals surface area contributed by atoms with Crippen LogP contribution in [0.25, 0.3) is 0 Å². The third-order valence-corrected chi connectivity index (χ3v) is 6.29. The summed E-state index contributed by atoms with van der Waals surface area (Å²) in [4.78, 5) is 28.4. The summed E-state index contributed by atoms with van der Waals surface area (Å²) in [5.41, 5.74) is 5.23. The lowest BCUT2D eigenvalue weighted by molar-refractivity contribution is -0.136. The number of rotatable bonds is 5. The number of carbonyl (C=O) groups excluding carboxylic acids is 2. The van der Waals surface area contributed by atoms with Gasteiger partial charge in [0.15, 0.2) is 0 Å². The molecule has 0 fully saturated rings. The van der Waals surface area contributed by atoms with Crippen LogP contribution in [0.1, 0.15) is 27.6 Å². The number of benzene rings is 2. The summed E-state index contributed by atoms with van der Waals surface area (Å²) in [6.07, 6.45) is 0.985. The number of carbonyl (C=O) groups is 2. The highest BCUT2D eigenvalue weighted by Gasteiger charge is 2.28. The molecular formula is C24H25N3O2S. The van der Waals surface area contributed by atoms with Gasteiger partial charge in [0.1, 0.15) is 0 Å². The number of hydrogen-bond donors (Lipinski definition) is 2. The minimum Gasteiger partial charge on any atom is -0.361 e. The van der Waals surface area contributed by atoms with Crippen molar-refractivity contribution >= 4 is 34.5 Å². The third kappa shape index (κ3) is 4.39. The van der Waals surface area contributed by atoms with Gasteiger partial charge in [-0.15, -0.1) is 11.3 Å². The predicted molar refractivity (Wildman–Crippen MR) is 122 cm³/mol. The third-order valence-electron chi connectivity index (χ3n) is 5.31. The Hall–Kier alpha value is -3.12. The maximum absolute atomic E-state index is 12.5. The van der Waals surface area contributed by atoms with E-state index in [1.807, 2.05) is 49.6 Å². The quantitative estimate of drug-likeness (QED) is 0.609. The minimum absolute atomic E-state index is 0.00776. The molecule has 0 saturated carbocycles. The fraction of sp³-hybridized carbons (Fsp3) is 0.250.